The summed E-state index contributed by atoms with van der Waals surface area (Å²) in [6.07, 6.45) is 0. The standard InChI is InChI=1S/C23H22N6/c24-14-21(15-25)23(16-26)27-22-8-6-20(7-9-22)18-29-12-10-28(11-13-29)17-19-4-2-1-3-5-19/h1-9,27H,10-13,17-18H2. The first-order chi connectivity index (χ1) is 14.2. The number of hydrogen-bond acceptors (Lipinski definition) is 6. The molecule has 1 saturated heterocycles. The Hall–Kier alpha value is -3.63. The molecule has 2 aromatic rings. The number of rotatable bonds is 6. The van der Waals surface area contributed by atoms with Gasteiger partial charge in [0, 0.05) is 45.0 Å². The molecule has 0 spiro atoms. The molecular weight excluding hydrogens is 360 g/mol. The fourth-order valence-electron chi connectivity index (χ4n) is 3.33. The van der Waals surface area contributed by atoms with Crippen LogP contribution >= 0.6 is 0 Å². The van der Waals surface area contributed by atoms with Crippen LogP contribution in [0.3, 0.4) is 0 Å². The number of nitriles is 3. The molecule has 2 aromatic carbocycles. The molecule has 0 aromatic heterocycles. The molecule has 0 unspecified atom stereocenters. The van der Waals surface area contributed by atoms with Crippen LogP contribution in [0.4, 0.5) is 5.69 Å². The Balaban J connectivity index is 1.51. The van der Waals surface area contributed by atoms with Gasteiger partial charge in [-0.1, -0.05) is 42.5 Å². The van der Waals surface area contributed by atoms with Gasteiger partial charge in [-0.15, -0.1) is 0 Å². The second kappa shape index (κ2) is 10.1. The summed E-state index contributed by atoms with van der Waals surface area (Å²) < 4.78 is 0. The van der Waals surface area contributed by atoms with Gasteiger partial charge in [0.1, 0.15) is 23.9 Å². The topological polar surface area (TPSA) is 89.9 Å². The van der Waals surface area contributed by atoms with Crippen LogP contribution in [-0.2, 0) is 13.1 Å². The van der Waals surface area contributed by atoms with Crippen LogP contribution < -0.4 is 5.32 Å². The number of allylic oxidation sites excluding steroid dienone is 2. The summed E-state index contributed by atoms with van der Waals surface area (Å²) in [6.45, 7) is 6.04. The van der Waals surface area contributed by atoms with Crippen LogP contribution in [0, 0.1) is 34.0 Å². The molecule has 1 aliphatic heterocycles. The van der Waals surface area contributed by atoms with Crippen molar-refractivity contribution in [3.63, 3.8) is 0 Å². The van der Waals surface area contributed by atoms with E-state index in [1.807, 2.05) is 36.4 Å². The van der Waals surface area contributed by atoms with Gasteiger partial charge in [-0.3, -0.25) is 9.80 Å². The van der Waals surface area contributed by atoms with Crippen LogP contribution in [0.15, 0.2) is 65.9 Å². The molecule has 1 N–H and O–H groups in total. The van der Waals surface area contributed by atoms with Crippen LogP contribution in [0.25, 0.3) is 0 Å². The maximum Gasteiger partial charge on any atom is 0.163 e. The minimum Gasteiger partial charge on any atom is -0.345 e. The molecule has 144 valence electrons. The Kier molecular flexibility index (Phi) is 6.98. The molecule has 0 saturated carbocycles. The lowest BCUT2D eigenvalue weighted by molar-refractivity contribution is 0.122. The highest BCUT2D eigenvalue weighted by atomic mass is 15.3. The van der Waals surface area contributed by atoms with E-state index in [0.717, 1.165) is 39.3 Å². The van der Waals surface area contributed by atoms with Gasteiger partial charge in [0.15, 0.2) is 5.57 Å². The Morgan fingerprint density at radius 3 is 1.72 bits per heavy atom. The zero-order chi connectivity index (χ0) is 20.5. The predicted octanol–water partition coefficient (Wildman–Crippen LogP) is 3.24. The molecular formula is C23H22N6. The molecule has 1 aliphatic rings. The van der Waals surface area contributed by atoms with Crippen molar-refractivity contribution >= 4 is 5.69 Å². The zero-order valence-corrected chi connectivity index (χ0v) is 16.2. The van der Waals surface area contributed by atoms with E-state index < -0.39 is 0 Å². The van der Waals surface area contributed by atoms with Crippen molar-refractivity contribution in [2.24, 2.45) is 0 Å². The lowest BCUT2D eigenvalue weighted by Crippen LogP contribution is -2.45. The number of nitrogens with one attached hydrogen (secondary N) is 1. The minimum atomic E-state index is -0.218. The first-order valence-electron chi connectivity index (χ1n) is 9.51. The Morgan fingerprint density at radius 1 is 0.724 bits per heavy atom. The first-order valence-corrected chi connectivity index (χ1v) is 9.51. The highest BCUT2D eigenvalue weighted by molar-refractivity contribution is 5.58. The van der Waals surface area contributed by atoms with E-state index in [9.17, 15) is 0 Å². The highest BCUT2D eigenvalue weighted by Crippen LogP contribution is 2.16. The summed E-state index contributed by atoms with van der Waals surface area (Å²) in [7, 11) is 0. The Bertz CT molecular complexity index is 949. The normalized spacial score (nSPS) is 14.2. The SMILES string of the molecule is N#CC(C#N)=C(C#N)Nc1ccc(CN2CCN(Cc3ccccc3)CC2)cc1. The Morgan fingerprint density at radius 2 is 1.24 bits per heavy atom. The molecule has 0 aliphatic carbocycles. The molecule has 1 heterocycles. The maximum atomic E-state index is 9.12. The molecule has 0 atom stereocenters. The summed E-state index contributed by atoms with van der Waals surface area (Å²) >= 11 is 0. The van der Waals surface area contributed by atoms with Gasteiger partial charge in [0.2, 0.25) is 0 Å². The van der Waals surface area contributed by atoms with E-state index in [4.69, 9.17) is 15.8 Å². The predicted molar refractivity (Wildman–Crippen MR) is 111 cm³/mol. The van der Waals surface area contributed by atoms with Crippen LogP contribution in [0.2, 0.25) is 0 Å². The summed E-state index contributed by atoms with van der Waals surface area (Å²) in [6, 6.07) is 23.6. The summed E-state index contributed by atoms with van der Waals surface area (Å²) in [5.41, 5.74) is 2.98. The van der Waals surface area contributed by atoms with Crippen LogP contribution in [0.5, 0.6) is 0 Å². The van der Waals surface area contributed by atoms with Gasteiger partial charge in [0.25, 0.3) is 0 Å². The fraction of sp³-hybridized carbons (Fsp3) is 0.261. The smallest absolute Gasteiger partial charge is 0.163 e. The monoisotopic (exact) mass is 382 g/mol. The third kappa shape index (κ3) is 5.67. The lowest BCUT2D eigenvalue weighted by atomic mass is 10.1. The minimum absolute atomic E-state index is 0.0303. The van der Waals surface area contributed by atoms with E-state index >= 15 is 0 Å². The van der Waals surface area contributed by atoms with Gasteiger partial charge in [-0.2, -0.15) is 15.8 Å². The van der Waals surface area contributed by atoms with Crippen LogP contribution in [-0.4, -0.2) is 36.0 Å². The highest BCUT2D eigenvalue weighted by Gasteiger charge is 2.17. The van der Waals surface area contributed by atoms with Crippen molar-refractivity contribution in [3.05, 3.63) is 77.0 Å². The van der Waals surface area contributed by atoms with E-state index in [0.29, 0.717) is 5.69 Å². The maximum absolute atomic E-state index is 9.12. The number of hydrogen-bond donors (Lipinski definition) is 1. The van der Waals surface area contributed by atoms with Gasteiger partial charge >= 0.3 is 0 Å². The summed E-state index contributed by atoms with van der Waals surface area (Å²) in [5.74, 6) is 0. The van der Waals surface area contributed by atoms with Crippen molar-refractivity contribution in [3.8, 4) is 18.2 Å². The third-order valence-electron chi connectivity index (χ3n) is 4.93. The molecule has 3 rings (SSSR count). The van der Waals surface area contributed by atoms with Gasteiger partial charge in [-0.05, 0) is 23.3 Å². The van der Waals surface area contributed by atoms with Crippen molar-refractivity contribution in [1.29, 1.82) is 15.8 Å². The summed E-state index contributed by atoms with van der Waals surface area (Å²) in [5, 5.41) is 29.8. The molecule has 29 heavy (non-hydrogen) atoms. The quantitative estimate of drug-likeness (QED) is 0.772. The van der Waals surface area contributed by atoms with Gasteiger partial charge in [-0.25, -0.2) is 0 Å². The van der Waals surface area contributed by atoms with E-state index in [2.05, 4.69) is 39.4 Å². The third-order valence-corrected chi connectivity index (χ3v) is 4.93. The largest absolute Gasteiger partial charge is 0.345 e. The van der Waals surface area contributed by atoms with Crippen molar-refractivity contribution in [2.45, 2.75) is 13.1 Å². The number of benzene rings is 2. The molecule has 6 nitrogen and oxygen atoms in total. The average molecular weight is 382 g/mol. The van der Waals surface area contributed by atoms with Crippen molar-refractivity contribution < 1.29 is 0 Å². The molecule has 0 amide bonds. The lowest BCUT2D eigenvalue weighted by Gasteiger charge is -2.34. The molecule has 0 bridgehead atoms. The Labute approximate surface area is 171 Å². The second-order valence-corrected chi connectivity index (χ2v) is 6.95. The number of nitrogens with zero attached hydrogens (tertiary/aromatic N) is 5. The van der Waals surface area contributed by atoms with Gasteiger partial charge < -0.3 is 5.32 Å². The van der Waals surface area contributed by atoms with E-state index in [1.54, 1.807) is 12.1 Å². The fourth-order valence-corrected chi connectivity index (χ4v) is 3.33. The van der Waals surface area contributed by atoms with Crippen LogP contribution in [0.1, 0.15) is 11.1 Å². The van der Waals surface area contributed by atoms with Gasteiger partial charge in [0.05, 0.1) is 0 Å². The van der Waals surface area contributed by atoms with Crippen molar-refractivity contribution in [2.75, 3.05) is 31.5 Å². The van der Waals surface area contributed by atoms with E-state index in [1.165, 1.54) is 11.1 Å². The molecule has 0 radical (unpaired) electrons. The molecule has 1 fully saturated rings. The second-order valence-electron chi connectivity index (χ2n) is 6.95. The number of anilines is 1. The zero-order valence-electron chi connectivity index (χ0n) is 16.2. The van der Waals surface area contributed by atoms with Crippen molar-refractivity contribution in [1.82, 2.24) is 9.80 Å². The number of piperazine rings is 1. The first kappa shape index (κ1) is 20.1. The van der Waals surface area contributed by atoms with E-state index in [-0.39, 0.29) is 11.3 Å². The molecule has 6 heteroatoms. The summed E-state index contributed by atoms with van der Waals surface area (Å²) in [4.78, 5) is 4.92. The average Bonchev–Trinajstić information content (AvgIpc) is 2.77.